The molecule has 0 saturated carbocycles. The van der Waals surface area contributed by atoms with Gasteiger partial charge in [0.1, 0.15) is 5.69 Å². The topological polar surface area (TPSA) is 59.8 Å². The molecule has 6 heteroatoms. The van der Waals surface area contributed by atoms with Gasteiger partial charge in [-0.05, 0) is 30.7 Å². The molecule has 1 N–H and O–H groups in total. The van der Waals surface area contributed by atoms with E-state index in [9.17, 15) is 4.79 Å². The lowest BCUT2D eigenvalue weighted by Gasteiger charge is -2.16. The number of carbonyl (C=O) groups is 1. The van der Waals surface area contributed by atoms with Crippen LogP contribution in [0.15, 0.2) is 35.2 Å². The first-order valence-corrected chi connectivity index (χ1v) is 7.64. The molecule has 0 bridgehead atoms. The number of rotatable bonds is 4. The average Bonchev–Trinajstić information content (AvgIpc) is 3.16. The van der Waals surface area contributed by atoms with Crippen LogP contribution in [0.1, 0.15) is 25.0 Å². The maximum absolute atomic E-state index is 12.0. The van der Waals surface area contributed by atoms with Crippen LogP contribution in [0.4, 0.5) is 0 Å². The third kappa shape index (κ3) is 2.96. The van der Waals surface area contributed by atoms with E-state index in [2.05, 4.69) is 27.8 Å². The Morgan fingerprint density at radius 1 is 1.50 bits per heavy atom. The second-order valence-corrected chi connectivity index (χ2v) is 5.62. The average molecular weight is 288 g/mol. The van der Waals surface area contributed by atoms with Crippen molar-refractivity contribution < 1.29 is 4.79 Å². The summed E-state index contributed by atoms with van der Waals surface area (Å²) in [6.07, 6.45) is 8.84. The lowest BCUT2D eigenvalue weighted by atomic mass is 9.94. The third-order valence-corrected chi connectivity index (χ3v) is 4.07. The van der Waals surface area contributed by atoms with Gasteiger partial charge in [-0.1, -0.05) is 17.4 Å². The molecule has 0 unspecified atom stereocenters. The van der Waals surface area contributed by atoms with Crippen molar-refractivity contribution >= 4 is 17.2 Å². The number of hydrogen-bond donors (Lipinski definition) is 1. The maximum Gasteiger partial charge on any atom is 0.223 e. The molecular formula is C14H16N4OS. The van der Waals surface area contributed by atoms with E-state index in [1.165, 1.54) is 0 Å². The molecule has 2 heterocycles. The van der Waals surface area contributed by atoms with E-state index in [4.69, 9.17) is 0 Å². The number of aromatic nitrogens is 3. The van der Waals surface area contributed by atoms with Crippen molar-refractivity contribution in [1.29, 1.82) is 0 Å². The first-order chi connectivity index (χ1) is 9.83. The zero-order chi connectivity index (χ0) is 13.8. The smallest absolute Gasteiger partial charge is 0.223 e. The fraction of sp³-hybridized carbons (Fsp3) is 0.357. The molecule has 2 aromatic heterocycles. The molecule has 1 aliphatic carbocycles. The molecule has 5 nitrogen and oxygen atoms in total. The van der Waals surface area contributed by atoms with Gasteiger partial charge >= 0.3 is 0 Å². The van der Waals surface area contributed by atoms with E-state index >= 15 is 0 Å². The molecule has 3 rings (SSSR count). The van der Waals surface area contributed by atoms with Gasteiger partial charge in [-0.3, -0.25) is 4.79 Å². The minimum atomic E-state index is 0.104. The number of carbonyl (C=O) groups excluding carboxylic acids is 1. The van der Waals surface area contributed by atoms with E-state index in [0.29, 0.717) is 6.54 Å². The monoisotopic (exact) mass is 288 g/mol. The van der Waals surface area contributed by atoms with Crippen LogP contribution >= 0.6 is 11.3 Å². The molecule has 0 radical (unpaired) electrons. The summed E-state index contributed by atoms with van der Waals surface area (Å²) < 4.78 is 1.72. The predicted octanol–water partition coefficient (Wildman–Crippen LogP) is 2.30. The molecule has 0 fully saturated rings. The fourth-order valence-corrected chi connectivity index (χ4v) is 2.87. The second kappa shape index (κ2) is 6.00. The molecule has 2 aromatic rings. The van der Waals surface area contributed by atoms with Crippen molar-refractivity contribution in [2.75, 3.05) is 0 Å². The molecule has 20 heavy (non-hydrogen) atoms. The largest absolute Gasteiger partial charge is 0.350 e. The van der Waals surface area contributed by atoms with Crippen molar-refractivity contribution in [2.45, 2.75) is 25.8 Å². The number of amides is 1. The van der Waals surface area contributed by atoms with Crippen LogP contribution in [0.5, 0.6) is 0 Å². The Kier molecular flexibility index (Phi) is 3.92. The van der Waals surface area contributed by atoms with E-state index in [1.54, 1.807) is 16.0 Å². The molecule has 0 aromatic carbocycles. The Morgan fingerprint density at radius 2 is 2.45 bits per heavy atom. The number of hydrogen-bond acceptors (Lipinski definition) is 4. The van der Waals surface area contributed by atoms with Crippen molar-refractivity contribution in [3.8, 4) is 5.69 Å². The van der Waals surface area contributed by atoms with Crippen molar-refractivity contribution in [3.63, 3.8) is 0 Å². The van der Waals surface area contributed by atoms with Crippen molar-refractivity contribution in [1.82, 2.24) is 20.3 Å². The fourth-order valence-electron chi connectivity index (χ4n) is 2.25. The minimum absolute atomic E-state index is 0.104. The highest BCUT2D eigenvalue weighted by molar-refractivity contribution is 7.08. The highest BCUT2D eigenvalue weighted by Crippen LogP contribution is 2.18. The van der Waals surface area contributed by atoms with Gasteiger partial charge in [0.15, 0.2) is 0 Å². The predicted molar refractivity (Wildman–Crippen MR) is 77.6 cm³/mol. The highest BCUT2D eigenvalue weighted by atomic mass is 32.1. The molecule has 1 atom stereocenters. The summed E-state index contributed by atoms with van der Waals surface area (Å²) >= 11 is 1.62. The van der Waals surface area contributed by atoms with Gasteiger partial charge in [0.2, 0.25) is 5.91 Å². The second-order valence-electron chi connectivity index (χ2n) is 4.84. The Morgan fingerprint density at radius 3 is 3.20 bits per heavy atom. The SMILES string of the molecule is O=C(NCc1cn(-c2ccsc2)nn1)[C@H]1CC=CCC1. The molecular weight excluding hydrogens is 272 g/mol. The van der Waals surface area contributed by atoms with E-state index in [1.807, 2.05) is 23.0 Å². The summed E-state index contributed by atoms with van der Waals surface area (Å²) in [5.41, 5.74) is 1.77. The number of allylic oxidation sites excluding steroid dienone is 2. The Labute approximate surface area is 121 Å². The first kappa shape index (κ1) is 13.1. The number of nitrogens with one attached hydrogen (secondary N) is 1. The van der Waals surface area contributed by atoms with Gasteiger partial charge in [0.25, 0.3) is 0 Å². The number of thiophene rings is 1. The van der Waals surface area contributed by atoms with Gasteiger partial charge in [-0.2, -0.15) is 11.3 Å². The van der Waals surface area contributed by atoms with Crippen molar-refractivity contribution in [3.05, 3.63) is 40.9 Å². The summed E-state index contributed by atoms with van der Waals surface area (Å²) in [6.45, 7) is 0.434. The normalized spacial score (nSPS) is 18.1. The van der Waals surface area contributed by atoms with Crippen LogP contribution in [0.2, 0.25) is 0 Å². The van der Waals surface area contributed by atoms with Crippen LogP contribution in [-0.4, -0.2) is 20.9 Å². The van der Waals surface area contributed by atoms with Gasteiger partial charge in [0, 0.05) is 11.3 Å². The minimum Gasteiger partial charge on any atom is -0.350 e. The lowest BCUT2D eigenvalue weighted by Crippen LogP contribution is -2.30. The summed E-state index contributed by atoms with van der Waals surface area (Å²) in [5, 5.41) is 15.1. The molecule has 104 valence electrons. The van der Waals surface area contributed by atoms with Gasteiger partial charge in [-0.25, -0.2) is 4.68 Å². The summed E-state index contributed by atoms with van der Waals surface area (Å²) in [6, 6.07) is 1.98. The van der Waals surface area contributed by atoms with Crippen LogP contribution in [0.3, 0.4) is 0 Å². The van der Waals surface area contributed by atoms with Gasteiger partial charge in [0.05, 0.1) is 18.4 Å². The van der Waals surface area contributed by atoms with E-state index < -0.39 is 0 Å². The molecule has 0 saturated heterocycles. The van der Waals surface area contributed by atoms with E-state index in [-0.39, 0.29) is 11.8 Å². The van der Waals surface area contributed by atoms with Crippen LogP contribution in [0, 0.1) is 5.92 Å². The summed E-state index contributed by atoms with van der Waals surface area (Å²) in [5.74, 6) is 0.214. The van der Waals surface area contributed by atoms with Crippen molar-refractivity contribution in [2.24, 2.45) is 5.92 Å². The lowest BCUT2D eigenvalue weighted by molar-refractivity contribution is -0.125. The van der Waals surface area contributed by atoms with Crippen LogP contribution in [0.25, 0.3) is 5.69 Å². The maximum atomic E-state index is 12.0. The zero-order valence-corrected chi connectivity index (χ0v) is 11.8. The molecule has 1 aliphatic rings. The third-order valence-electron chi connectivity index (χ3n) is 3.40. The van der Waals surface area contributed by atoms with Crippen LogP contribution < -0.4 is 5.32 Å². The van der Waals surface area contributed by atoms with Gasteiger partial charge < -0.3 is 5.32 Å². The number of nitrogens with zero attached hydrogens (tertiary/aromatic N) is 3. The molecule has 0 aliphatic heterocycles. The standard InChI is InChI=1S/C14H16N4OS/c19-14(11-4-2-1-3-5-11)15-8-12-9-18(17-16-12)13-6-7-20-10-13/h1-2,6-7,9-11H,3-5,8H2,(H,15,19)/t11-/m0/s1. The Bertz CT molecular complexity index is 602. The van der Waals surface area contributed by atoms with Gasteiger partial charge in [-0.15, -0.1) is 5.10 Å². The quantitative estimate of drug-likeness (QED) is 0.878. The Hall–Kier alpha value is -1.95. The van der Waals surface area contributed by atoms with Crippen LogP contribution in [-0.2, 0) is 11.3 Å². The zero-order valence-electron chi connectivity index (χ0n) is 11.0. The summed E-state index contributed by atoms with van der Waals surface area (Å²) in [7, 11) is 0. The molecule has 0 spiro atoms. The van der Waals surface area contributed by atoms with E-state index in [0.717, 1.165) is 30.6 Å². The highest BCUT2D eigenvalue weighted by Gasteiger charge is 2.18. The first-order valence-electron chi connectivity index (χ1n) is 6.69. The summed E-state index contributed by atoms with van der Waals surface area (Å²) in [4.78, 5) is 12.0. The Balaban J connectivity index is 1.56. The molecule has 1 amide bonds.